The molecule has 1 aromatic rings. The summed E-state index contributed by atoms with van der Waals surface area (Å²) in [4.78, 5) is 22.2. The van der Waals surface area contributed by atoms with Crippen LogP contribution in [-0.4, -0.2) is 31.8 Å². The fourth-order valence-electron chi connectivity index (χ4n) is 1.71. The Morgan fingerprint density at radius 3 is 2.67 bits per heavy atom. The van der Waals surface area contributed by atoms with E-state index in [9.17, 15) is 9.59 Å². The fourth-order valence-corrected chi connectivity index (χ4v) is 2.30. The first-order valence-electron chi connectivity index (χ1n) is 5.37. The van der Waals surface area contributed by atoms with Crippen LogP contribution in [0.4, 0.5) is 4.79 Å². The predicted octanol–water partition coefficient (Wildman–Crippen LogP) is 2.02. The largest absolute Gasteiger partial charge is 0.465 e. The normalized spacial score (nSPS) is 19.9. The highest BCUT2D eigenvalue weighted by molar-refractivity contribution is 9.09. The second-order valence-corrected chi connectivity index (χ2v) is 4.85. The lowest BCUT2D eigenvalue weighted by Crippen LogP contribution is -2.29. The molecule has 0 aliphatic carbocycles. The molecule has 6 heteroatoms. The van der Waals surface area contributed by atoms with Crippen molar-refractivity contribution >= 4 is 28.0 Å². The van der Waals surface area contributed by atoms with Crippen LogP contribution in [0.25, 0.3) is 0 Å². The number of cyclic esters (lactones) is 1. The molecule has 0 saturated carbocycles. The van der Waals surface area contributed by atoms with Gasteiger partial charge in [0.15, 0.2) is 0 Å². The van der Waals surface area contributed by atoms with Crippen molar-refractivity contribution in [2.45, 2.75) is 10.9 Å². The Bertz CT molecular complexity index is 460. The molecule has 18 heavy (non-hydrogen) atoms. The number of alkyl carbamates (subject to hydrolysis) is 1. The quantitative estimate of drug-likeness (QED) is 0.685. The van der Waals surface area contributed by atoms with Crippen LogP contribution < -0.4 is 5.32 Å². The lowest BCUT2D eigenvalue weighted by atomic mass is 10.0. The summed E-state index contributed by atoms with van der Waals surface area (Å²) in [6, 6.07) is 6.90. The number of rotatable bonds is 3. The first-order valence-corrected chi connectivity index (χ1v) is 6.29. The molecular weight excluding hydrogens is 302 g/mol. The molecule has 1 aliphatic rings. The van der Waals surface area contributed by atoms with Crippen LogP contribution in [0.2, 0.25) is 0 Å². The number of amides is 1. The summed E-state index contributed by atoms with van der Waals surface area (Å²) in [5.41, 5.74) is 1.45. The van der Waals surface area contributed by atoms with Crippen LogP contribution in [0.5, 0.6) is 0 Å². The maximum Gasteiger partial charge on any atom is 0.407 e. The van der Waals surface area contributed by atoms with Gasteiger partial charge < -0.3 is 14.8 Å². The van der Waals surface area contributed by atoms with Gasteiger partial charge in [-0.05, 0) is 17.7 Å². The van der Waals surface area contributed by atoms with Crippen molar-refractivity contribution < 1.29 is 19.1 Å². The number of methoxy groups -OCH3 is 1. The van der Waals surface area contributed by atoms with Crippen LogP contribution in [-0.2, 0) is 9.47 Å². The third kappa shape index (κ3) is 2.64. The number of hydrogen-bond acceptors (Lipinski definition) is 4. The van der Waals surface area contributed by atoms with Gasteiger partial charge in [0.05, 0.1) is 23.5 Å². The minimum absolute atomic E-state index is 0.0596. The molecule has 0 bridgehead atoms. The van der Waals surface area contributed by atoms with Gasteiger partial charge in [-0.25, -0.2) is 9.59 Å². The SMILES string of the molecule is COC(=O)c1ccc([C@H](Br)[C@H]2COC(=O)N2)cc1. The highest BCUT2D eigenvalue weighted by Crippen LogP contribution is 2.28. The van der Waals surface area contributed by atoms with Gasteiger partial charge in [0.2, 0.25) is 0 Å². The van der Waals surface area contributed by atoms with Crippen LogP contribution in [0.1, 0.15) is 20.7 Å². The van der Waals surface area contributed by atoms with Crippen LogP contribution in [0.15, 0.2) is 24.3 Å². The highest BCUT2D eigenvalue weighted by atomic mass is 79.9. The minimum Gasteiger partial charge on any atom is -0.465 e. The van der Waals surface area contributed by atoms with Crippen LogP contribution in [0.3, 0.4) is 0 Å². The summed E-state index contributed by atoms with van der Waals surface area (Å²) in [6.07, 6.45) is -0.407. The zero-order valence-electron chi connectivity index (χ0n) is 9.68. The van der Waals surface area contributed by atoms with Gasteiger partial charge >= 0.3 is 12.1 Å². The average molecular weight is 314 g/mol. The Morgan fingerprint density at radius 2 is 2.17 bits per heavy atom. The molecule has 0 aromatic heterocycles. The van der Waals surface area contributed by atoms with E-state index in [4.69, 9.17) is 4.74 Å². The van der Waals surface area contributed by atoms with Crippen molar-refractivity contribution in [2.24, 2.45) is 0 Å². The van der Waals surface area contributed by atoms with E-state index >= 15 is 0 Å². The summed E-state index contributed by atoms with van der Waals surface area (Å²) in [7, 11) is 1.34. The molecule has 2 atom stereocenters. The number of alkyl halides is 1. The lowest BCUT2D eigenvalue weighted by molar-refractivity contribution is 0.0600. The zero-order chi connectivity index (χ0) is 13.1. The Kier molecular flexibility index (Phi) is 3.86. The van der Waals surface area contributed by atoms with Gasteiger partial charge in [-0.1, -0.05) is 28.1 Å². The smallest absolute Gasteiger partial charge is 0.407 e. The zero-order valence-corrected chi connectivity index (χ0v) is 11.3. The summed E-state index contributed by atoms with van der Waals surface area (Å²) < 4.78 is 9.46. The van der Waals surface area contributed by atoms with Crippen LogP contribution in [0, 0.1) is 0 Å². The monoisotopic (exact) mass is 313 g/mol. The molecule has 1 N–H and O–H groups in total. The minimum atomic E-state index is -0.407. The number of halogens is 1. The van der Waals surface area contributed by atoms with Gasteiger partial charge in [-0.2, -0.15) is 0 Å². The van der Waals surface area contributed by atoms with Crippen molar-refractivity contribution in [1.82, 2.24) is 5.32 Å². The van der Waals surface area contributed by atoms with Crippen molar-refractivity contribution in [2.75, 3.05) is 13.7 Å². The molecule has 96 valence electrons. The maximum absolute atomic E-state index is 11.3. The Labute approximate surface area is 113 Å². The van der Waals surface area contributed by atoms with E-state index in [1.54, 1.807) is 12.1 Å². The van der Waals surface area contributed by atoms with E-state index in [2.05, 4.69) is 26.0 Å². The molecule has 0 spiro atoms. The molecule has 1 heterocycles. The van der Waals surface area contributed by atoms with E-state index < -0.39 is 6.09 Å². The number of carbonyl (C=O) groups excluding carboxylic acids is 2. The van der Waals surface area contributed by atoms with Gasteiger partial charge in [-0.3, -0.25) is 0 Å². The Morgan fingerprint density at radius 1 is 1.50 bits per heavy atom. The lowest BCUT2D eigenvalue weighted by Gasteiger charge is -2.15. The van der Waals surface area contributed by atoms with E-state index in [0.717, 1.165) is 5.56 Å². The van der Waals surface area contributed by atoms with E-state index in [0.29, 0.717) is 12.2 Å². The summed E-state index contributed by atoms with van der Waals surface area (Å²) in [5.74, 6) is -0.370. The van der Waals surface area contributed by atoms with E-state index in [1.807, 2.05) is 12.1 Å². The van der Waals surface area contributed by atoms with Crippen molar-refractivity contribution in [3.05, 3.63) is 35.4 Å². The standard InChI is InChI=1S/C12H12BrNO4/c1-17-11(15)8-4-2-7(3-5-8)10(13)9-6-18-12(16)14-9/h2-5,9-10H,6H2,1H3,(H,14,16)/t9-,10+/m1/s1. The third-order valence-corrected chi connectivity index (χ3v) is 3.87. The number of esters is 1. The molecule has 1 fully saturated rings. The molecule has 1 saturated heterocycles. The summed E-state index contributed by atoms with van der Waals surface area (Å²) >= 11 is 3.51. The molecule has 1 amide bonds. The molecule has 1 aliphatic heterocycles. The second kappa shape index (κ2) is 5.39. The Hall–Kier alpha value is -1.56. The molecule has 2 rings (SSSR count). The second-order valence-electron chi connectivity index (χ2n) is 3.86. The topological polar surface area (TPSA) is 64.6 Å². The van der Waals surface area contributed by atoms with Crippen molar-refractivity contribution in [3.8, 4) is 0 Å². The molecule has 1 aromatic carbocycles. The Balaban J connectivity index is 2.09. The van der Waals surface area contributed by atoms with E-state index in [1.165, 1.54) is 7.11 Å². The maximum atomic E-state index is 11.3. The van der Waals surface area contributed by atoms with Crippen molar-refractivity contribution in [1.29, 1.82) is 0 Å². The summed E-state index contributed by atoms with van der Waals surface area (Å²) in [5, 5.41) is 2.70. The van der Waals surface area contributed by atoms with Gasteiger partial charge in [0.1, 0.15) is 6.61 Å². The van der Waals surface area contributed by atoms with E-state index in [-0.39, 0.29) is 16.8 Å². The number of hydrogen-bond donors (Lipinski definition) is 1. The molecule has 0 radical (unpaired) electrons. The fraction of sp³-hybridized carbons (Fsp3) is 0.333. The first kappa shape index (κ1) is 12.9. The number of nitrogens with one attached hydrogen (secondary N) is 1. The first-order chi connectivity index (χ1) is 8.61. The molecular formula is C12H12BrNO4. The van der Waals surface area contributed by atoms with Crippen molar-refractivity contribution in [3.63, 3.8) is 0 Å². The average Bonchev–Trinajstić information content (AvgIpc) is 2.84. The third-order valence-electron chi connectivity index (χ3n) is 2.70. The number of carbonyl (C=O) groups is 2. The van der Waals surface area contributed by atoms with Gasteiger partial charge in [0, 0.05) is 0 Å². The molecule has 5 nitrogen and oxygen atoms in total. The number of ether oxygens (including phenoxy) is 2. The van der Waals surface area contributed by atoms with Gasteiger partial charge in [-0.15, -0.1) is 0 Å². The highest BCUT2D eigenvalue weighted by Gasteiger charge is 2.29. The van der Waals surface area contributed by atoms with Gasteiger partial charge in [0.25, 0.3) is 0 Å². The van der Waals surface area contributed by atoms with Crippen LogP contribution >= 0.6 is 15.9 Å². The molecule has 0 unspecified atom stereocenters. The summed E-state index contributed by atoms with van der Waals surface area (Å²) in [6.45, 7) is 0.327. The predicted molar refractivity (Wildman–Crippen MR) is 67.7 cm³/mol. The number of benzene rings is 1.